The second-order valence-corrected chi connectivity index (χ2v) is 6.08. The van der Waals surface area contributed by atoms with Gasteiger partial charge in [-0.3, -0.25) is 0 Å². The van der Waals surface area contributed by atoms with Crippen LogP contribution in [0.3, 0.4) is 0 Å². The van der Waals surface area contributed by atoms with Crippen LogP contribution in [0, 0.1) is 0 Å². The summed E-state index contributed by atoms with van der Waals surface area (Å²) in [6.07, 6.45) is 0.640. The van der Waals surface area contributed by atoms with Crippen molar-refractivity contribution < 1.29 is 4.74 Å². The molecule has 1 nitrogen and oxygen atoms in total. The molecule has 0 N–H and O–H groups in total. The Bertz CT molecular complexity index is 596. The largest absolute Gasteiger partial charge is 0.495 e. The van der Waals surface area contributed by atoms with Crippen molar-refractivity contribution in [3.63, 3.8) is 0 Å². The molecule has 0 saturated carbocycles. The van der Waals surface area contributed by atoms with Gasteiger partial charge in [-0.1, -0.05) is 46.9 Å². The van der Waals surface area contributed by atoms with Crippen molar-refractivity contribution in [1.29, 1.82) is 0 Å². The van der Waals surface area contributed by atoms with E-state index >= 15 is 0 Å². The van der Waals surface area contributed by atoms with Gasteiger partial charge in [0.05, 0.1) is 17.5 Å². The molecule has 2 rings (SSSR count). The van der Waals surface area contributed by atoms with Crippen molar-refractivity contribution in [2.75, 3.05) is 7.11 Å². The minimum Gasteiger partial charge on any atom is -0.495 e. The molecule has 1 atom stereocenters. The standard InChI is InChI=1S/C15H12Cl4O/c1-20-15-8-13(18)11(7-14(15)19)12(17)6-9-2-4-10(16)5-3-9/h2-5,7-8,12H,6H2,1H3. The second kappa shape index (κ2) is 6.91. The van der Waals surface area contributed by atoms with Gasteiger partial charge in [0.15, 0.2) is 0 Å². The molecular weight excluding hydrogens is 338 g/mol. The monoisotopic (exact) mass is 348 g/mol. The van der Waals surface area contributed by atoms with Gasteiger partial charge in [-0.2, -0.15) is 0 Å². The van der Waals surface area contributed by atoms with Gasteiger partial charge in [-0.05, 0) is 35.7 Å². The average molecular weight is 350 g/mol. The Labute approximate surface area is 138 Å². The summed E-state index contributed by atoms with van der Waals surface area (Å²) in [5.74, 6) is 0.538. The van der Waals surface area contributed by atoms with Crippen LogP contribution in [0.1, 0.15) is 16.5 Å². The summed E-state index contributed by atoms with van der Waals surface area (Å²) in [5, 5.41) is 1.46. The van der Waals surface area contributed by atoms with Gasteiger partial charge in [-0.25, -0.2) is 0 Å². The molecule has 0 aromatic heterocycles. The first-order valence-corrected chi connectivity index (χ1v) is 7.49. The molecule has 0 aliphatic carbocycles. The SMILES string of the molecule is COc1cc(Cl)c(C(Cl)Cc2ccc(Cl)cc2)cc1Cl. The molecule has 0 radical (unpaired) electrons. The molecule has 0 heterocycles. The van der Waals surface area contributed by atoms with E-state index in [0.717, 1.165) is 11.1 Å². The molecule has 1 unspecified atom stereocenters. The Balaban J connectivity index is 2.22. The molecule has 0 aliphatic heterocycles. The quantitative estimate of drug-likeness (QED) is 0.599. The molecule has 0 aliphatic rings. The maximum Gasteiger partial charge on any atom is 0.138 e. The zero-order valence-corrected chi connectivity index (χ0v) is 13.7. The summed E-state index contributed by atoms with van der Waals surface area (Å²) in [4.78, 5) is 0. The molecule has 2 aromatic carbocycles. The van der Waals surface area contributed by atoms with Crippen molar-refractivity contribution in [2.24, 2.45) is 0 Å². The number of hydrogen-bond donors (Lipinski definition) is 0. The number of rotatable bonds is 4. The third-order valence-electron chi connectivity index (χ3n) is 2.94. The van der Waals surface area contributed by atoms with E-state index in [2.05, 4.69) is 0 Å². The summed E-state index contributed by atoms with van der Waals surface area (Å²) in [5.41, 5.74) is 1.87. The molecule has 0 fully saturated rings. The predicted octanol–water partition coefficient (Wildman–Crippen LogP) is 6.18. The molecule has 0 saturated heterocycles. The van der Waals surface area contributed by atoms with Crippen LogP contribution in [0.4, 0.5) is 0 Å². The van der Waals surface area contributed by atoms with E-state index in [-0.39, 0.29) is 5.38 Å². The van der Waals surface area contributed by atoms with Crippen LogP contribution in [-0.2, 0) is 6.42 Å². The second-order valence-electron chi connectivity index (χ2n) is 4.31. The van der Waals surface area contributed by atoms with Crippen molar-refractivity contribution in [3.8, 4) is 5.75 Å². The molecular formula is C15H12Cl4O. The normalized spacial score (nSPS) is 12.2. The van der Waals surface area contributed by atoms with Gasteiger partial charge in [0, 0.05) is 16.1 Å². The number of methoxy groups -OCH3 is 1. The number of alkyl halides is 1. The molecule has 0 spiro atoms. The van der Waals surface area contributed by atoms with E-state index in [1.165, 1.54) is 0 Å². The molecule has 20 heavy (non-hydrogen) atoms. The number of halogens is 4. The zero-order valence-electron chi connectivity index (χ0n) is 10.7. The molecule has 0 bridgehead atoms. The highest BCUT2D eigenvalue weighted by Crippen LogP contribution is 2.37. The van der Waals surface area contributed by atoms with E-state index in [9.17, 15) is 0 Å². The van der Waals surface area contributed by atoms with E-state index in [0.29, 0.717) is 27.2 Å². The lowest BCUT2D eigenvalue weighted by molar-refractivity contribution is 0.415. The summed E-state index contributed by atoms with van der Waals surface area (Å²) >= 11 is 24.6. The maximum atomic E-state index is 6.44. The summed E-state index contributed by atoms with van der Waals surface area (Å²) in [7, 11) is 1.54. The zero-order chi connectivity index (χ0) is 14.7. The molecule has 106 valence electrons. The number of benzene rings is 2. The van der Waals surface area contributed by atoms with Gasteiger partial charge < -0.3 is 4.74 Å². The summed E-state index contributed by atoms with van der Waals surface area (Å²) < 4.78 is 5.12. The first kappa shape index (κ1) is 15.8. The average Bonchev–Trinajstić information content (AvgIpc) is 2.43. The Kier molecular flexibility index (Phi) is 5.45. The van der Waals surface area contributed by atoms with Gasteiger partial charge in [-0.15, -0.1) is 11.6 Å². The van der Waals surface area contributed by atoms with Crippen LogP contribution in [-0.4, -0.2) is 7.11 Å². The Morgan fingerprint density at radius 1 is 1.00 bits per heavy atom. The fourth-order valence-corrected chi connectivity index (χ4v) is 2.95. The van der Waals surface area contributed by atoms with Gasteiger partial charge in [0.1, 0.15) is 5.75 Å². The molecule has 0 amide bonds. The van der Waals surface area contributed by atoms with Gasteiger partial charge >= 0.3 is 0 Å². The highest BCUT2D eigenvalue weighted by atomic mass is 35.5. The van der Waals surface area contributed by atoms with Crippen molar-refractivity contribution in [3.05, 3.63) is 62.6 Å². The van der Waals surface area contributed by atoms with Crippen molar-refractivity contribution >= 4 is 46.4 Å². The Hall–Kier alpha value is -0.600. The van der Waals surface area contributed by atoms with Crippen LogP contribution in [0.2, 0.25) is 15.1 Å². The first-order chi connectivity index (χ1) is 9.51. The lowest BCUT2D eigenvalue weighted by Gasteiger charge is -2.14. The molecule has 5 heteroatoms. The maximum absolute atomic E-state index is 6.44. The van der Waals surface area contributed by atoms with E-state index in [1.54, 1.807) is 19.2 Å². The van der Waals surface area contributed by atoms with Gasteiger partial charge in [0.2, 0.25) is 0 Å². The Morgan fingerprint density at radius 2 is 1.65 bits per heavy atom. The van der Waals surface area contributed by atoms with Crippen molar-refractivity contribution in [2.45, 2.75) is 11.8 Å². The molecule has 2 aromatic rings. The van der Waals surface area contributed by atoms with E-state index < -0.39 is 0 Å². The van der Waals surface area contributed by atoms with E-state index in [1.807, 2.05) is 24.3 Å². The minimum absolute atomic E-state index is 0.271. The third-order valence-corrected chi connectivity index (χ3v) is 4.20. The number of ether oxygens (including phenoxy) is 1. The van der Waals surface area contributed by atoms with Crippen molar-refractivity contribution in [1.82, 2.24) is 0 Å². The lowest BCUT2D eigenvalue weighted by Crippen LogP contribution is -1.98. The third kappa shape index (κ3) is 3.73. The fraction of sp³-hybridized carbons (Fsp3) is 0.200. The fourth-order valence-electron chi connectivity index (χ4n) is 1.88. The predicted molar refractivity (Wildman–Crippen MR) is 86.8 cm³/mol. The lowest BCUT2D eigenvalue weighted by atomic mass is 10.0. The summed E-state index contributed by atoms with van der Waals surface area (Å²) in [6, 6.07) is 11.0. The number of hydrogen-bond acceptors (Lipinski definition) is 1. The minimum atomic E-state index is -0.271. The van der Waals surface area contributed by atoms with Crippen LogP contribution >= 0.6 is 46.4 Å². The van der Waals surface area contributed by atoms with E-state index in [4.69, 9.17) is 51.1 Å². The summed E-state index contributed by atoms with van der Waals surface area (Å²) in [6.45, 7) is 0. The van der Waals surface area contributed by atoms with Crippen LogP contribution in [0.5, 0.6) is 5.75 Å². The van der Waals surface area contributed by atoms with Crippen LogP contribution in [0.25, 0.3) is 0 Å². The Morgan fingerprint density at radius 3 is 2.25 bits per heavy atom. The first-order valence-electron chi connectivity index (χ1n) is 5.92. The topological polar surface area (TPSA) is 9.23 Å². The smallest absolute Gasteiger partial charge is 0.138 e. The van der Waals surface area contributed by atoms with Crippen LogP contribution < -0.4 is 4.74 Å². The highest BCUT2D eigenvalue weighted by molar-refractivity contribution is 6.35. The van der Waals surface area contributed by atoms with Gasteiger partial charge in [0.25, 0.3) is 0 Å². The highest BCUT2D eigenvalue weighted by Gasteiger charge is 2.16. The van der Waals surface area contributed by atoms with Crippen LogP contribution in [0.15, 0.2) is 36.4 Å².